The first-order valence-corrected chi connectivity index (χ1v) is 13.1. The van der Waals surface area contributed by atoms with E-state index in [0.717, 1.165) is 66.2 Å². The molecule has 1 fully saturated rings. The molecule has 4 aromatic rings. The summed E-state index contributed by atoms with van der Waals surface area (Å²) in [5.41, 5.74) is 7.29. The van der Waals surface area contributed by atoms with E-state index in [1.165, 1.54) is 5.56 Å². The number of aromatic nitrogens is 2. The highest BCUT2D eigenvalue weighted by Crippen LogP contribution is 2.22. The predicted molar refractivity (Wildman–Crippen MR) is 153 cm³/mol. The molecule has 0 atom stereocenters. The van der Waals surface area contributed by atoms with Crippen LogP contribution in [0.4, 0.5) is 11.4 Å². The number of carboxylic acids is 1. The number of aromatic amines is 1. The number of hydrogen-bond donors (Lipinski definition) is 4. The molecule has 1 aliphatic heterocycles. The molecule has 1 saturated heterocycles. The van der Waals surface area contributed by atoms with Crippen LogP contribution in [0, 0.1) is 13.8 Å². The molecule has 202 valence electrons. The van der Waals surface area contributed by atoms with Gasteiger partial charge in [-0.15, -0.1) is 0 Å². The van der Waals surface area contributed by atoms with Crippen LogP contribution in [0.3, 0.4) is 0 Å². The summed E-state index contributed by atoms with van der Waals surface area (Å²) in [7, 11) is 2.16. The summed E-state index contributed by atoms with van der Waals surface area (Å²) in [5.74, 6) is -1.16. The van der Waals surface area contributed by atoms with E-state index in [2.05, 4.69) is 50.4 Å². The molecule has 2 aromatic heterocycles. The van der Waals surface area contributed by atoms with Crippen LogP contribution in [-0.2, 0) is 13.1 Å². The molecule has 1 amide bonds. The molecule has 0 aliphatic carbocycles. The molecule has 5 rings (SSSR count). The number of likely N-dealkylation sites (N-methyl/N-ethyl adjacent to an activating group) is 1. The van der Waals surface area contributed by atoms with E-state index in [1.807, 2.05) is 43.3 Å². The first kappa shape index (κ1) is 26.4. The number of carbonyl (C=O) groups is 2. The Labute approximate surface area is 227 Å². The van der Waals surface area contributed by atoms with Gasteiger partial charge < -0.3 is 25.6 Å². The number of nitrogens with zero attached hydrogens (tertiary/aromatic N) is 3. The van der Waals surface area contributed by atoms with E-state index >= 15 is 0 Å². The van der Waals surface area contributed by atoms with Crippen LogP contribution in [0.25, 0.3) is 11.0 Å². The van der Waals surface area contributed by atoms with Gasteiger partial charge in [0, 0.05) is 55.9 Å². The van der Waals surface area contributed by atoms with Crippen LogP contribution in [-0.4, -0.2) is 70.0 Å². The zero-order valence-electron chi connectivity index (χ0n) is 22.5. The molecular formula is C30H34N6O3. The van der Waals surface area contributed by atoms with Gasteiger partial charge in [0.2, 0.25) is 0 Å². The number of fused-ring (bicyclic) bond motifs is 1. The van der Waals surface area contributed by atoms with E-state index in [4.69, 9.17) is 0 Å². The minimum atomic E-state index is -1.02. The molecule has 9 heteroatoms. The monoisotopic (exact) mass is 526 g/mol. The summed E-state index contributed by atoms with van der Waals surface area (Å²) >= 11 is 0. The maximum absolute atomic E-state index is 13.1. The Balaban J connectivity index is 1.22. The van der Waals surface area contributed by atoms with Gasteiger partial charge in [-0.25, -0.2) is 9.78 Å². The Morgan fingerprint density at radius 3 is 2.49 bits per heavy atom. The Morgan fingerprint density at radius 2 is 1.74 bits per heavy atom. The number of hydrogen-bond acceptors (Lipinski definition) is 6. The highest BCUT2D eigenvalue weighted by Gasteiger charge is 2.16. The maximum Gasteiger partial charge on any atom is 0.352 e. The predicted octanol–water partition coefficient (Wildman–Crippen LogP) is 4.49. The fourth-order valence-corrected chi connectivity index (χ4v) is 4.83. The van der Waals surface area contributed by atoms with E-state index in [-0.39, 0.29) is 11.6 Å². The smallest absolute Gasteiger partial charge is 0.352 e. The molecule has 0 unspecified atom stereocenters. The standard InChI is InChI=1S/C30H34N6O3/c1-19-4-7-25(14-24(19)16-31-26-13-23-15-27(30(38)39)34-28(23)32-17-26)33-29(37)21-5-6-22(20(2)12-21)18-36-10-8-35(3)9-11-36/h4-7,12-15,17,31H,8-11,16,18H2,1-3H3,(H,32,34)(H,33,37)(H,38,39). The molecule has 39 heavy (non-hydrogen) atoms. The minimum Gasteiger partial charge on any atom is -0.477 e. The van der Waals surface area contributed by atoms with Gasteiger partial charge in [-0.2, -0.15) is 0 Å². The maximum atomic E-state index is 13.1. The van der Waals surface area contributed by atoms with Gasteiger partial charge >= 0.3 is 5.97 Å². The number of anilines is 2. The number of aromatic carboxylic acids is 1. The lowest BCUT2D eigenvalue weighted by molar-refractivity contribution is 0.0691. The van der Waals surface area contributed by atoms with E-state index < -0.39 is 5.97 Å². The molecule has 0 spiro atoms. The highest BCUT2D eigenvalue weighted by atomic mass is 16.4. The molecule has 2 aromatic carbocycles. The number of carboxylic acid groups (broad SMARTS) is 1. The zero-order valence-corrected chi connectivity index (χ0v) is 22.5. The van der Waals surface area contributed by atoms with E-state index in [9.17, 15) is 14.7 Å². The zero-order chi connectivity index (χ0) is 27.5. The van der Waals surface area contributed by atoms with Crippen molar-refractivity contribution >= 4 is 34.3 Å². The summed E-state index contributed by atoms with van der Waals surface area (Å²) in [6.07, 6.45) is 1.67. The number of amides is 1. The van der Waals surface area contributed by atoms with E-state index in [1.54, 1.807) is 12.3 Å². The molecule has 4 N–H and O–H groups in total. The van der Waals surface area contributed by atoms with Gasteiger partial charge in [0.05, 0.1) is 11.9 Å². The van der Waals surface area contributed by atoms with Gasteiger partial charge in [0.25, 0.3) is 5.91 Å². The van der Waals surface area contributed by atoms with Crippen LogP contribution in [0.1, 0.15) is 43.1 Å². The largest absolute Gasteiger partial charge is 0.477 e. The van der Waals surface area contributed by atoms with Crippen molar-refractivity contribution in [2.24, 2.45) is 0 Å². The van der Waals surface area contributed by atoms with Crippen LogP contribution >= 0.6 is 0 Å². The molecule has 0 bridgehead atoms. The summed E-state index contributed by atoms with van der Waals surface area (Å²) in [5, 5.41) is 16.3. The van der Waals surface area contributed by atoms with Crippen LogP contribution in [0.2, 0.25) is 0 Å². The Bertz CT molecular complexity index is 1520. The lowest BCUT2D eigenvalue weighted by Crippen LogP contribution is -2.43. The van der Waals surface area contributed by atoms with Crippen molar-refractivity contribution in [2.45, 2.75) is 26.9 Å². The van der Waals surface area contributed by atoms with Crippen LogP contribution < -0.4 is 10.6 Å². The SMILES string of the molecule is Cc1ccc(NC(=O)c2ccc(CN3CCN(C)CC3)c(C)c2)cc1CNc1cnc2[nH]c(C(=O)O)cc2c1. The quantitative estimate of drug-likeness (QED) is 0.268. The normalized spacial score (nSPS) is 14.4. The van der Waals surface area contributed by atoms with Crippen molar-refractivity contribution in [1.82, 2.24) is 19.8 Å². The third-order valence-electron chi connectivity index (χ3n) is 7.39. The van der Waals surface area contributed by atoms with E-state index in [0.29, 0.717) is 17.8 Å². The van der Waals surface area contributed by atoms with Crippen LogP contribution in [0.15, 0.2) is 54.7 Å². The summed E-state index contributed by atoms with van der Waals surface area (Å²) < 4.78 is 0. The fourth-order valence-electron chi connectivity index (χ4n) is 4.83. The molecular weight excluding hydrogens is 492 g/mol. The van der Waals surface area contributed by atoms with Gasteiger partial charge in [-0.05, 0) is 79.5 Å². The average molecular weight is 527 g/mol. The second kappa shape index (κ2) is 11.3. The molecule has 3 heterocycles. The van der Waals surface area contributed by atoms with Crippen LogP contribution in [0.5, 0.6) is 0 Å². The fraction of sp³-hybridized carbons (Fsp3) is 0.300. The lowest BCUT2D eigenvalue weighted by atomic mass is 10.0. The number of nitrogens with one attached hydrogen (secondary N) is 3. The van der Waals surface area contributed by atoms with Crippen molar-refractivity contribution in [3.63, 3.8) is 0 Å². The first-order valence-electron chi connectivity index (χ1n) is 13.1. The topological polar surface area (TPSA) is 114 Å². The highest BCUT2D eigenvalue weighted by molar-refractivity contribution is 6.04. The van der Waals surface area contributed by atoms with Gasteiger partial charge in [-0.3, -0.25) is 9.69 Å². The second-order valence-corrected chi connectivity index (χ2v) is 10.3. The second-order valence-electron chi connectivity index (χ2n) is 10.3. The van der Waals surface area contributed by atoms with Gasteiger partial charge in [0.1, 0.15) is 11.3 Å². The average Bonchev–Trinajstić information content (AvgIpc) is 3.35. The number of benzene rings is 2. The van der Waals surface area contributed by atoms with Crippen molar-refractivity contribution in [1.29, 1.82) is 0 Å². The molecule has 0 saturated carbocycles. The lowest BCUT2D eigenvalue weighted by Gasteiger charge is -2.32. The van der Waals surface area contributed by atoms with Crippen molar-refractivity contribution < 1.29 is 14.7 Å². The Morgan fingerprint density at radius 1 is 0.949 bits per heavy atom. The summed E-state index contributed by atoms with van der Waals surface area (Å²) in [6, 6.07) is 15.2. The van der Waals surface area contributed by atoms with Crippen molar-refractivity contribution in [3.05, 3.63) is 88.2 Å². The molecule has 1 aliphatic rings. The number of piperazine rings is 1. The number of H-pyrrole nitrogens is 1. The summed E-state index contributed by atoms with van der Waals surface area (Å²) in [6.45, 7) is 9.82. The first-order chi connectivity index (χ1) is 18.7. The van der Waals surface area contributed by atoms with Crippen molar-refractivity contribution in [2.75, 3.05) is 43.9 Å². The third kappa shape index (κ3) is 6.27. The number of rotatable bonds is 8. The molecule has 9 nitrogen and oxygen atoms in total. The Kier molecular flexibility index (Phi) is 7.63. The number of pyridine rings is 1. The van der Waals surface area contributed by atoms with Crippen molar-refractivity contribution in [3.8, 4) is 0 Å². The molecule has 0 radical (unpaired) electrons. The third-order valence-corrected chi connectivity index (χ3v) is 7.39. The summed E-state index contributed by atoms with van der Waals surface area (Å²) in [4.78, 5) is 36.2. The van der Waals surface area contributed by atoms with Gasteiger partial charge in [-0.1, -0.05) is 12.1 Å². The minimum absolute atomic E-state index is 0.105. The number of aryl methyl sites for hydroxylation is 2. The number of carbonyl (C=O) groups excluding carboxylic acids is 1. The van der Waals surface area contributed by atoms with Gasteiger partial charge in [0.15, 0.2) is 0 Å². The Hall–Kier alpha value is -4.21.